The molecule has 7 heteroatoms. The van der Waals surface area contributed by atoms with E-state index in [9.17, 15) is 4.79 Å². The lowest BCUT2D eigenvalue weighted by Gasteiger charge is -2.06. The van der Waals surface area contributed by atoms with Gasteiger partial charge in [-0.1, -0.05) is 23.5 Å². The number of rotatable bonds is 2. The number of hydrogen-bond donors (Lipinski definition) is 0. The summed E-state index contributed by atoms with van der Waals surface area (Å²) in [6.07, 6.45) is 1.89. The van der Waals surface area contributed by atoms with E-state index in [0.29, 0.717) is 4.53 Å². The Hall–Kier alpha value is -1.45. The van der Waals surface area contributed by atoms with Crippen molar-refractivity contribution in [3.63, 3.8) is 0 Å². The van der Waals surface area contributed by atoms with Gasteiger partial charge in [0.15, 0.2) is 4.96 Å². The predicted octanol–water partition coefficient (Wildman–Crippen LogP) is 3.83. The maximum Gasteiger partial charge on any atom is 0.274 e. The van der Waals surface area contributed by atoms with Crippen molar-refractivity contribution in [2.24, 2.45) is 0 Å². The molecule has 0 amide bonds. The Labute approximate surface area is 163 Å². The Bertz CT molecular complexity index is 1180. The number of thiazole rings is 1. The predicted molar refractivity (Wildman–Crippen MR) is 109 cm³/mol. The van der Waals surface area contributed by atoms with Gasteiger partial charge < -0.3 is 4.74 Å². The molecule has 4 aromatic rings. The SMILES string of the molecule is COc1c(Br)cc(/C=c2\sc3nc4ccccc4n3c2=O)cc1I. The van der Waals surface area contributed by atoms with Gasteiger partial charge in [-0.25, -0.2) is 9.38 Å². The molecule has 2 aromatic heterocycles. The molecular formula is C17H10BrIN2O2S. The molecule has 0 saturated carbocycles. The van der Waals surface area contributed by atoms with E-state index in [1.165, 1.54) is 11.3 Å². The highest BCUT2D eigenvalue weighted by Crippen LogP contribution is 2.31. The fourth-order valence-electron chi connectivity index (χ4n) is 2.62. The van der Waals surface area contributed by atoms with Crippen LogP contribution in [0.2, 0.25) is 0 Å². The molecule has 0 aliphatic heterocycles. The second kappa shape index (κ2) is 6.12. The third-order valence-corrected chi connectivity index (χ3v) is 6.03. The van der Waals surface area contributed by atoms with Crippen molar-refractivity contribution in [2.75, 3.05) is 7.11 Å². The Morgan fingerprint density at radius 3 is 2.88 bits per heavy atom. The van der Waals surface area contributed by atoms with E-state index in [0.717, 1.165) is 35.4 Å². The maximum atomic E-state index is 12.8. The number of imidazole rings is 1. The van der Waals surface area contributed by atoms with Gasteiger partial charge in [0, 0.05) is 0 Å². The maximum absolute atomic E-state index is 12.8. The lowest BCUT2D eigenvalue weighted by atomic mass is 10.2. The first-order valence-electron chi connectivity index (χ1n) is 7.03. The molecule has 4 rings (SSSR count). The van der Waals surface area contributed by atoms with Crippen molar-refractivity contribution in [3.05, 3.63) is 64.9 Å². The molecular weight excluding hydrogens is 503 g/mol. The van der Waals surface area contributed by atoms with Gasteiger partial charge in [0.2, 0.25) is 0 Å². The first-order chi connectivity index (χ1) is 11.6. The minimum absolute atomic E-state index is 0.0364. The average Bonchev–Trinajstić information content (AvgIpc) is 3.04. The van der Waals surface area contributed by atoms with Crippen LogP contribution in [0.5, 0.6) is 5.75 Å². The van der Waals surface area contributed by atoms with Gasteiger partial charge in [-0.2, -0.15) is 0 Å². The molecule has 0 fully saturated rings. The van der Waals surface area contributed by atoms with Crippen LogP contribution in [0.3, 0.4) is 0 Å². The Morgan fingerprint density at radius 1 is 1.33 bits per heavy atom. The van der Waals surface area contributed by atoms with Crippen molar-refractivity contribution in [3.8, 4) is 5.75 Å². The van der Waals surface area contributed by atoms with E-state index >= 15 is 0 Å². The van der Waals surface area contributed by atoms with Gasteiger partial charge >= 0.3 is 0 Å². The zero-order chi connectivity index (χ0) is 16.8. The molecule has 120 valence electrons. The fraction of sp³-hybridized carbons (Fsp3) is 0.0588. The third-order valence-electron chi connectivity index (χ3n) is 3.67. The number of halogens is 2. The standard InChI is InChI=1S/C17H10BrIN2O2S/c1-23-15-10(18)6-9(7-11(15)19)8-14-16(22)21-13-5-3-2-4-12(13)20-17(21)24-14/h2-8H,1H3/b14-8-. The van der Waals surface area contributed by atoms with Crippen molar-refractivity contribution in [1.82, 2.24) is 9.38 Å². The zero-order valence-corrected chi connectivity index (χ0v) is 17.0. The molecule has 0 aliphatic carbocycles. The highest BCUT2D eigenvalue weighted by molar-refractivity contribution is 14.1. The first-order valence-corrected chi connectivity index (χ1v) is 9.72. The zero-order valence-electron chi connectivity index (χ0n) is 12.4. The van der Waals surface area contributed by atoms with E-state index in [-0.39, 0.29) is 5.56 Å². The number of hydrogen-bond acceptors (Lipinski definition) is 4. The van der Waals surface area contributed by atoms with Gasteiger partial charge in [0.1, 0.15) is 5.75 Å². The monoisotopic (exact) mass is 512 g/mol. The van der Waals surface area contributed by atoms with Crippen LogP contribution in [0.25, 0.3) is 22.1 Å². The quantitative estimate of drug-likeness (QED) is 0.383. The number of aromatic nitrogens is 2. The van der Waals surface area contributed by atoms with E-state index in [1.54, 1.807) is 11.5 Å². The van der Waals surface area contributed by atoms with E-state index in [2.05, 4.69) is 43.5 Å². The van der Waals surface area contributed by atoms with Gasteiger partial charge in [-0.15, -0.1) is 0 Å². The summed E-state index contributed by atoms with van der Waals surface area (Å²) < 4.78 is 9.53. The van der Waals surface area contributed by atoms with Crippen LogP contribution >= 0.6 is 49.9 Å². The van der Waals surface area contributed by atoms with Crippen molar-refractivity contribution in [1.29, 1.82) is 0 Å². The summed E-state index contributed by atoms with van der Waals surface area (Å²) in [6.45, 7) is 0. The summed E-state index contributed by atoms with van der Waals surface area (Å²) in [4.78, 5) is 18.0. The summed E-state index contributed by atoms with van der Waals surface area (Å²) in [6, 6.07) is 11.6. The molecule has 0 radical (unpaired) electrons. The minimum Gasteiger partial charge on any atom is -0.494 e. The first kappa shape index (κ1) is 16.0. The van der Waals surface area contributed by atoms with Crippen molar-refractivity contribution in [2.45, 2.75) is 0 Å². The van der Waals surface area contributed by atoms with Crippen LogP contribution in [-0.2, 0) is 0 Å². The number of benzene rings is 2. The molecule has 4 nitrogen and oxygen atoms in total. The molecule has 2 heterocycles. The topological polar surface area (TPSA) is 43.6 Å². The van der Waals surface area contributed by atoms with Crippen LogP contribution in [0.1, 0.15) is 5.56 Å². The summed E-state index contributed by atoms with van der Waals surface area (Å²) in [5, 5.41) is 0. The number of para-hydroxylation sites is 2. The van der Waals surface area contributed by atoms with E-state index < -0.39 is 0 Å². The minimum atomic E-state index is -0.0364. The molecule has 24 heavy (non-hydrogen) atoms. The lowest BCUT2D eigenvalue weighted by molar-refractivity contribution is 0.409. The van der Waals surface area contributed by atoms with Gasteiger partial charge in [0.25, 0.3) is 5.56 Å². The second-order valence-electron chi connectivity index (χ2n) is 5.15. The molecule has 2 aromatic carbocycles. The van der Waals surface area contributed by atoms with Crippen LogP contribution in [-0.4, -0.2) is 16.5 Å². The summed E-state index contributed by atoms with van der Waals surface area (Å²) in [5.41, 5.74) is 2.59. The Balaban J connectivity index is 1.95. The van der Waals surface area contributed by atoms with Crippen LogP contribution in [0.4, 0.5) is 0 Å². The second-order valence-corrected chi connectivity index (χ2v) is 8.18. The van der Waals surface area contributed by atoms with Crippen molar-refractivity contribution >= 4 is 71.9 Å². The molecule has 0 spiro atoms. The smallest absolute Gasteiger partial charge is 0.274 e. The largest absolute Gasteiger partial charge is 0.494 e. The normalized spacial score (nSPS) is 12.4. The molecule has 0 saturated heterocycles. The summed E-state index contributed by atoms with van der Waals surface area (Å²) in [5.74, 6) is 0.794. The number of fused-ring (bicyclic) bond motifs is 3. The molecule has 0 unspecified atom stereocenters. The summed E-state index contributed by atoms with van der Waals surface area (Å²) in [7, 11) is 1.64. The fourth-order valence-corrected chi connectivity index (χ4v) is 5.49. The number of nitrogens with zero attached hydrogens (tertiary/aromatic N) is 2. The highest BCUT2D eigenvalue weighted by atomic mass is 127. The van der Waals surface area contributed by atoms with Gasteiger partial charge in [0.05, 0.1) is 30.7 Å². The van der Waals surface area contributed by atoms with Crippen LogP contribution in [0, 0.1) is 3.57 Å². The molecule has 0 N–H and O–H groups in total. The van der Waals surface area contributed by atoms with Crippen LogP contribution in [0.15, 0.2) is 45.7 Å². The molecule has 0 aliphatic rings. The van der Waals surface area contributed by atoms with Gasteiger partial charge in [-0.05, 0) is 74.4 Å². The highest BCUT2D eigenvalue weighted by Gasteiger charge is 2.11. The van der Waals surface area contributed by atoms with Gasteiger partial charge in [-0.3, -0.25) is 4.79 Å². The van der Waals surface area contributed by atoms with Crippen LogP contribution < -0.4 is 14.8 Å². The lowest BCUT2D eigenvalue weighted by Crippen LogP contribution is -2.22. The number of methoxy groups -OCH3 is 1. The van der Waals surface area contributed by atoms with E-state index in [4.69, 9.17) is 4.74 Å². The third kappa shape index (κ3) is 2.55. The molecule has 0 bridgehead atoms. The van der Waals surface area contributed by atoms with Crippen molar-refractivity contribution < 1.29 is 4.74 Å². The Kier molecular flexibility index (Phi) is 4.09. The number of ether oxygens (including phenoxy) is 1. The average molecular weight is 513 g/mol. The molecule has 0 atom stereocenters. The Morgan fingerprint density at radius 2 is 2.12 bits per heavy atom. The summed E-state index contributed by atoms with van der Waals surface area (Å²) >= 11 is 7.13. The van der Waals surface area contributed by atoms with E-state index in [1.807, 2.05) is 42.5 Å².